The quantitative estimate of drug-likeness (QED) is 0.725. The van der Waals surface area contributed by atoms with Crippen molar-refractivity contribution in [3.63, 3.8) is 0 Å². The van der Waals surface area contributed by atoms with Gasteiger partial charge in [0.15, 0.2) is 0 Å². The van der Waals surface area contributed by atoms with Crippen LogP contribution in [0.15, 0.2) is 6.07 Å². The van der Waals surface area contributed by atoms with Crippen LogP contribution in [0.5, 0.6) is 5.88 Å². The van der Waals surface area contributed by atoms with Gasteiger partial charge in [-0.2, -0.15) is 4.98 Å². The second kappa shape index (κ2) is 7.25. The normalized spacial score (nSPS) is 11.3. The molecule has 0 saturated carbocycles. The van der Waals surface area contributed by atoms with E-state index in [1.54, 1.807) is 19.9 Å². The molecule has 0 saturated heterocycles. The van der Waals surface area contributed by atoms with Gasteiger partial charge in [-0.1, -0.05) is 6.92 Å². The summed E-state index contributed by atoms with van der Waals surface area (Å²) in [6.07, 6.45) is 0. The molecule has 0 aliphatic rings. The fraction of sp³-hybridized carbons (Fsp3) is 0.636. The van der Waals surface area contributed by atoms with Gasteiger partial charge in [0.2, 0.25) is 15.9 Å². The molecule has 0 spiro atoms. The van der Waals surface area contributed by atoms with Gasteiger partial charge in [0.25, 0.3) is 0 Å². The van der Waals surface area contributed by atoms with Crippen LogP contribution in [0.4, 0.5) is 5.82 Å². The van der Waals surface area contributed by atoms with Crippen LogP contribution in [0.2, 0.25) is 0 Å². The zero-order valence-electron chi connectivity index (χ0n) is 11.4. The smallest absolute Gasteiger partial charge is 0.218 e. The molecule has 0 fully saturated rings. The number of rotatable bonds is 8. The predicted molar refractivity (Wildman–Crippen MR) is 73.9 cm³/mol. The summed E-state index contributed by atoms with van der Waals surface area (Å²) in [6, 6.07) is 1.65. The van der Waals surface area contributed by atoms with Crippen molar-refractivity contribution in [2.45, 2.75) is 20.8 Å². The van der Waals surface area contributed by atoms with E-state index < -0.39 is 10.0 Å². The summed E-state index contributed by atoms with van der Waals surface area (Å²) in [5, 5.41) is 2.95. The topological polar surface area (TPSA) is 93.2 Å². The molecule has 1 heterocycles. The molecule has 2 N–H and O–H groups in total. The highest BCUT2D eigenvalue weighted by atomic mass is 32.2. The standard InChI is InChI=1S/C11H20N4O3S/c1-4-13-19(16,17)7-6-12-10-8-11(18-5-2)15-9(3)14-10/h8,13H,4-7H2,1-3H3,(H,12,14,15). The number of sulfonamides is 1. The number of nitrogens with zero attached hydrogens (tertiary/aromatic N) is 2. The van der Waals surface area contributed by atoms with Crippen LogP contribution in [0, 0.1) is 6.92 Å². The number of hydrogen-bond donors (Lipinski definition) is 2. The van der Waals surface area contributed by atoms with Crippen LogP contribution in [0.25, 0.3) is 0 Å². The maximum atomic E-state index is 11.4. The third-order valence-electron chi connectivity index (χ3n) is 2.15. The highest BCUT2D eigenvalue weighted by molar-refractivity contribution is 7.89. The number of ether oxygens (including phenoxy) is 1. The zero-order valence-corrected chi connectivity index (χ0v) is 12.2. The lowest BCUT2D eigenvalue weighted by atomic mass is 10.5. The predicted octanol–water partition coefficient (Wildman–Crippen LogP) is 0.535. The monoisotopic (exact) mass is 288 g/mol. The molecule has 19 heavy (non-hydrogen) atoms. The van der Waals surface area contributed by atoms with Crippen molar-refractivity contribution in [3.05, 3.63) is 11.9 Å². The summed E-state index contributed by atoms with van der Waals surface area (Å²) in [7, 11) is -3.22. The van der Waals surface area contributed by atoms with Gasteiger partial charge in [-0.15, -0.1) is 0 Å². The lowest BCUT2D eigenvalue weighted by molar-refractivity contribution is 0.325. The van der Waals surface area contributed by atoms with Gasteiger partial charge in [-0.3, -0.25) is 0 Å². The fourth-order valence-electron chi connectivity index (χ4n) is 1.46. The summed E-state index contributed by atoms with van der Waals surface area (Å²) >= 11 is 0. The van der Waals surface area contributed by atoms with E-state index in [2.05, 4.69) is 20.0 Å². The molecule has 0 amide bonds. The van der Waals surface area contributed by atoms with Crippen LogP contribution in [0.3, 0.4) is 0 Å². The number of anilines is 1. The summed E-state index contributed by atoms with van der Waals surface area (Å²) in [5.41, 5.74) is 0. The van der Waals surface area contributed by atoms with Crippen molar-refractivity contribution in [3.8, 4) is 5.88 Å². The maximum absolute atomic E-state index is 11.4. The number of nitrogens with one attached hydrogen (secondary N) is 2. The van der Waals surface area contributed by atoms with Crippen LogP contribution in [-0.4, -0.2) is 43.8 Å². The Balaban J connectivity index is 2.58. The first kappa shape index (κ1) is 15.6. The van der Waals surface area contributed by atoms with Gasteiger partial charge < -0.3 is 10.1 Å². The van der Waals surface area contributed by atoms with E-state index in [9.17, 15) is 8.42 Å². The molecule has 0 aliphatic carbocycles. The first-order valence-corrected chi connectivity index (χ1v) is 7.81. The molecule has 108 valence electrons. The third kappa shape index (κ3) is 5.84. The summed E-state index contributed by atoms with van der Waals surface area (Å²) < 4.78 is 30.6. The summed E-state index contributed by atoms with van der Waals surface area (Å²) in [6.45, 7) is 6.55. The molecule has 0 radical (unpaired) electrons. The third-order valence-corrected chi connectivity index (χ3v) is 3.62. The molecule has 7 nitrogen and oxygen atoms in total. The molecule has 0 unspecified atom stereocenters. The SMILES string of the molecule is CCNS(=O)(=O)CCNc1cc(OCC)nc(C)n1. The molecule has 0 aromatic carbocycles. The van der Waals surface area contributed by atoms with E-state index >= 15 is 0 Å². The van der Waals surface area contributed by atoms with E-state index in [0.29, 0.717) is 30.7 Å². The molecule has 0 atom stereocenters. The van der Waals surface area contributed by atoms with E-state index in [0.717, 1.165) is 0 Å². The highest BCUT2D eigenvalue weighted by Crippen LogP contribution is 2.12. The van der Waals surface area contributed by atoms with E-state index in [4.69, 9.17) is 4.74 Å². The Kier molecular flexibility index (Phi) is 5.97. The minimum absolute atomic E-state index is 0.00609. The largest absolute Gasteiger partial charge is 0.478 e. The van der Waals surface area contributed by atoms with Crippen LogP contribution in [-0.2, 0) is 10.0 Å². The Hall–Kier alpha value is -1.41. The zero-order chi connectivity index (χ0) is 14.3. The van der Waals surface area contributed by atoms with Gasteiger partial charge in [-0.25, -0.2) is 18.1 Å². The van der Waals surface area contributed by atoms with Crippen molar-refractivity contribution < 1.29 is 13.2 Å². The Labute approximate surface area is 113 Å². The molecule has 8 heteroatoms. The molecular weight excluding hydrogens is 268 g/mol. The molecule has 0 aliphatic heterocycles. The summed E-state index contributed by atoms with van der Waals surface area (Å²) in [4.78, 5) is 8.27. The van der Waals surface area contributed by atoms with Gasteiger partial charge in [0.1, 0.15) is 11.6 Å². The van der Waals surface area contributed by atoms with Crippen molar-refractivity contribution >= 4 is 15.8 Å². The molecule has 1 rings (SSSR count). The Morgan fingerprint density at radius 3 is 2.68 bits per heavy atom. The van der Waals surface area contributed by atoms with Gasteiger partial charge in [0, 0.05) is 19.2 Å². The van der Waals surface area contributed by atoms with E-state index in [1.165, 1.54) is 0 Å². The number of aromatic nitrogens is 2. The first-order valence-electron chi connectivity index (χ1n) is 6.16. The van der Waals surface area contributed by atoms with Crippen molar-refractivity contribution in [2.24, 2.45) is 0 Å². The number of hydrogen-bond acceptors (Lipinski definition) is 6. The average Bonchev–Trinajstić information content (AvgIpc) is 2.28. The first-order chi connectivity index (χ1) is 8.96. The van der Waals surface area contributed by atoms with E-state index in [1.807, 2.05) is 6.92 Å². The van der Waals surface area contributed by atoms with Crippen molar-refractivity contribution in [1.29, 1.82) is 0 Å². The minimum Gasteiger partial charge on any atom is -0.478 e. The lowest BCUT2D eigenvalue weighted by Gasteiger charge is -2.09. The van der Waals surface area contributed by atoms with Gasteiger partial charge in [0.05, 0.1) is 12.4 Å². The molecule has 0 bridgehead atoms. The lowest BCUT2D eigenvalue weighted by Crippen LogP contribution is -2.29. The molecule has 1 aromatic heterocycles. The maximum Gasteiger partial charge on any atom is 0.218 e. The molecule has 1 aromatic rings. The molecular formula is C11H20N4O3S. The van der Waals surface area contributed by atoms with Crippen LogP contribution >= 0.6 is 0 Å². The fourth-order valence-corrected chi connectivity index (χ4v) is 2.41. The van der Waals surface area contributed by atoms with Gasteiger partial charge in [-0.05, 0) is 13.8 Å². The van der Waals surface area contributed by atoms with Gasteiger partial charge >= 0.3 is 0 Å². The van der Waals surface area contributed by atoms with Crippen LogP contribution in [0.1, 0.15) is 19.7 Å². The second-order valence-electron chi connectivity index (χ2n) is 3.82. The Bertz CT molecular complexity index is 505. The van der Waals surface area contributed by atoms with Crippen LogP contribution < -0.4 is 14.8 Å². The van der Waals surface area contributed by atoms with Crippen molar-refractivity contribution in [1.82, 2.24) is 14.7 Å². The average molecular weight is 288 g/mol. The van der Waals surface area contributed by atoms with Crippen molar-refractivity contribution in [2.75, 3.05) is 30.8 Å². The number of aryl methyl sites for hydroxylation is 1. The second-order valence-corrected chi connectivity index (χ2v) is 5.74. The Morgan fingerprint density at radius 2 is 2.05 bits per heavy atom. The highest BCUT2D eigenvalue weighted by Gasteiger charge is 2.08. The minimum atomic E-state index is -3.22. The Morgan fingerprint density at radius 1 is 1.32 bits per heavy atom. The van der Waals surface area contributed by atoms with E-state index in [-0.39, 0.29) is 12.3 Å². The summed E-state index contributed by atoms with van der Waals surface area (Å²) in [5.74, 6) is 1.60.